The number of carbonyl (C=O) groups is 2. The minimum absolute atomic E-state index is 0.00792. The smallest absolute Gasteiger partial charge is 0.245 e. The number of rotatable bonds is 5. The highest BCUT2D eigenvalue weighted by Gasteiger charge is 2.34. The first kappa shape index (κ1) is 13.6. The molecule has 2 amide bonds. The Hall–Kier alpha value is -1.50. The van der Waals surface area contributed by atoms with Crippen LogP contribution in [0.5, 0.6) is 0 Å². The van der Waals surface area contributed by atoms with E-state index in [1.807, 2.05) is 13.8 Å². The van der Waals surface area contributed by atoms with Crippen molar-refractivity contribution in [2.45, 2.75) is 51.6 Å². The standard InChI is InChI=1S/C13H20N2O2/c1-4-7-10(6-3)15-9-12(16)14-11(8-5-2)13(15)17/h1,10-11H,5-9H2,2-3H3,(H,14,16). The molecule has 1 heterocycles. The van der Waals surface area contributed by atoms with Crippen LogP contribution in [0.15, 0.2) is 0 Å². The van der Waals surface area contributed by atoms with Crippen LogP contribution in [0, 0.1) is 12.3 Å². The largest absolute Gasteiger partial charge is 0.343 e. The molecule has 2 unspecified atom stereocenters. The Morgan fingerprint density at radius 1 is 1.53 bits per heavy atom. The maximum absolute atomic E-state index is 12.2. The average Bonchev–Trinajstić information content (AvgIpc) is 2.31. The van der Waals surface area contributed by atoms with Gasteiger partial charge in [-0.15, -0.1) is 12.3 Å². The van der Waals surface area contributed by atoms with Gasteiger partial charge in [0.05, 0.1) is 6.54 Å². The van der Waals surface area contributed by atoms with E-state index in [1.165, 1.54) is 0 Å². The molecule has 1 saturated heterocycles. The number of piperazine rings is 1. The molecule has 1 aliphatic rings. The van der Waals surface area contributed by atoms with E-state index in [0.29, 0.717) is 12.8 Å². The normalized spacial score (nSPS) is 21.9. The summed E-state index contributed by atoms with van der Waals surface area (Å²) in [6, 6.07) is -0.383. The molecule has 2 atom stereocenters. The van der Waals surface area contributed by atoms with E-state index in [9.17, 15) is 9.59 Å². The minimum Gasteiger partial charge on any atom is -0.343 e. The summed E-state index contributed by atoms with van der Waals surface area (Å²) in [7, 11) is 0. The summed E-state index contributed by atoms with van der Waals surface area (Å²) in [5.74, 6) is 2.50. The van der Waals surface area contributed by atoms with Crippen molar-refractivity contribution in [2.24, 2.45) is 0 Å². The highest BCUT2D eigenvalue weighted by Crippen LogP contribution is 2.15. The quantitative estimate of drug-likeness (QED) is 0.721. The number of terminal acetylenes is 1. The lowest BCUT2D eigenvalue weighted by atomic mass is 10.0. The van der Waals surface area contributed by atoms with E-state index in [4.69, 9.17) is 6.42 Å². The van der Waals surface area contributed by atoms with Crippen molar-refractivity contribution in [3.8, 4) is 12.3 Å². The molecule has 0 aromatic rings. The fraction of sp³-hybridized carbons (Fsp3) is 0.692. The van der Waals surface area contributed by atoms with Gasteiger partial charge in [-0.05, 0) is 12.8 Å². The van der Waals surface area contributed by atoms with Crippen LogP contribution in [-0.4, -0.2) is 35.3 Å². The van der Waals surface area contributed by atoms with E-state index < -0.39 is 0 Å². The molecule has 1 fully saturated rings. The van der Waals surface area contributed by atoms with Crippen molar-refractivity contribution < 1.29 is 9.59 Å². The van der Waals surface area contributed by atoms with Crippen LogP contribution in [0.2, 0.25) is 0 Å². The van der Waals surface area contributed by atoms with Crippen molar-refractivity contribution >= 4 is 11.8 Å². The molecule has 0 aromatic carbocycles. The summed E-state index contributed by atoms with van der Waals surface area (Å²) in [5.41, 5.74) is 0. The third-order valence-electron chi connectivity index (χ3n) is 3.07. The number of nitrogens with one attached hydrogen (secondary N) is 1. The molecule has 0 radical (unpaired) electrons. The first-order chi connectivity index (χ1) is 8.13. The Labute approximate surface area is 103 Å². The molecular formula is C13H20N2O2. The second-order valence-electron chi connectivity index (χ2n) is 4.35. The van der Waals surface area contributed by atoms with Gasteiger partial charge in [0.15, 0.2) is 0 Å². The predicted molar refractivity (Wildman–Crippen MR) is 66.1 cm³/mol. The number of carbonyl (C=O) groups excluding carboxylic acids is 2. The lowest BCUT2D eigenvalue weighted by molar-refractivity contribution is -0.146. The van der Waals surface area contributed by atoms with Gasteiger partial charge in [-0.2, -0.15) is 0 Å². The van der Waals surface area contributed by atoms with Crippen LogP contribution in [0.25, 0.3) is 0 Å². The van der Waals surface area contributed by atoms with Crippen LogP contribution < -0.4 is 5.32 Å². The van der Waals surface area contributed by atoms with Crippen LogP contribution in [0.4, 0.5) is 0 Å². The second kappa shape index (κ2) is 6.29. The van der Waals surface area contributed by atoms with Crippen molar-refractivity contribution in [2.75, 3.05) is 6.54 Å². The van der Waals surface area contributed by atoms with Gasteiger partial charge in [0.2, 0.25) is 11.8 Å². The van der Waals surface area contributed by atoms with Gasteiger partial charge in [0.1, 0.15) is 6.04 Å². The van der Waals surface area contributed by atoms with Crippen LogP contribution in [0.1, 0.15) is 39.5 Å². The molecule has 17 heavy (non-hydrogen) atoms. The molecule has 0 spiro atoms. The van der Waals surface area contributed by atoms with Gasteiger partial charge >= 0.3 is 0 Å². The highest BCUT2D eigenvalue weighted by atomic mass is 16.2. The summed E-state index contributed by atoms with van der Waals surface area (Å²) < 4.78 is 0. The third kappa shape index (κ3) is 3.23. The molecular weight excluding hydrogens is 216 g/mol. The lowest BCUT2D eigenvalue weighted by Crippen LogP contribution is -2.60. The zero-order valence-corrected chi connectivity index (χ0v) is 10.5. The summed E-state index contributed by atoms with van der Waals surface area (Å²) in [4.78, 5) is 25.4. The Kier molecular flexibility index (Phi) is 5.02. The SMILES string of the molecule is C#CCC(CC)N1CC(=O)NC(CCC)C1=O. The Balaban J connectivity index is 2.79. The number of nitrogens with zero attached hydrogens (tertiary/aromatic N) is 1. The highest BCUT2D eigenvalue weighted by molar-refractivity contribution is 5.95. The van der Waals surface area contributed by atoms with Crippen LogP contribution in [-0.2, 0) is 9.59 Å². The zero-order chi connectivity index (χ0) is 12.8. The Morgan fingerprint density at radius 3 is 2.76 bits per heavy atom. The summed E-state index contributed by atoms with van der Waals surface area (Å²) in [6.07, 6.45) is 8.14. The fourth-order valence-electron chi connectivity index (χ4n) is 2.14. The lowest BCUT2D eigenvalue weighted by Gasteiger charge is -2.37. The molecule has 0 saturated carbocycles. The van der Waals surface area contributed by atoms with Gasteiger partial charge in [-0.25, -0.2) is 0 Å². The number of amides is 2. The number of hydrogen-bond donors (Lipinski definition) is 1. The maximum Gasteiger partial charge on any atom is 0.245 e. The third-order valence-corrected chi connectivity index (χ3v) is 3.07. The molecule has 94 valence electrons. The zero-order valence-electron chi connectivity index (χ0n) is 10.5. The summed E-state index contributed by atoms with van der Waals surface area (Å²) in [5, 5.41) is 2.74. The molecule has 1 N–H and O–H groups in total. The molecule has 4 heteroatoms. The van der Waals surface area contributed by atoms with E-state index >= 15 is 0 Å². The Morgan fingerprint density at radius 2 is 2.24 bits per heavy atom. The van der Waals surface area contributed by atoms with Gasteiger partial charge in [0, 0.05) is 12.5 Å². The monoisotopic (exact) mass is 236 g/mol. The first-order valence-corrected chi connectivity index (χ1v) is 6.17. The summed E-state index contributed by atoms with van der Waals surface area (Å²) >= 11 is 0. The van der Waals surface area contributed by atoms with E-state index in [2.05, 4.69) is 11.2 Å². The topological polar surface area (TPSA) is 49.4 Å². The van der Waals surface area contributed by atoms with E-state index in [0.717, 1.165) is 12.8 Å². The van der Waals surface area contributed by atoms with Gasteiger partial charge < -0.3 is 10.2 Å². The second-order valence-corrected chi connectivity index (χ2v) is 4.35. The van der Waals surface area contributed by atoms with Crippen molar-refractivity contribution in [3.63, 3.8) is 0 Å². The molecule has 4 nitrogen and oxygen atoms in total. The van der Waals surface area contributed by atoms with Crippen LogP contribution in [0.3, 0.4) is 0 Å². The molecule has 1 aliphatic heterocycles. The predicted octanol–water partition coefficient (Wildman–Crippen LogP) is 0.915. The van der Waals surface area contributed by atoms with Crippen molar-refractivity contribution in [1.82, 2.24) is 10.2 Å². The molecule has 0 aromatic heterocycles. The number of hydrogen-bond acceptors (Lipinski definition) is 2. The fourth-order valence-corrected chi connectivity index (χ4v) is 2.14. The minimum atomic E-state index is -0.368. The average molecular weight is 236 g/mol. The van der Waals surface area contributed by atoms with Gasteiger partial charge in [-0.3, -0.25) is 9.59 Å². The van der Waals surface area contributed by atoms with Gasteiger partial charge in [-0.1, -0.05) is 20.3 Å². The van der Waals surface area contributed by atoms with Crippen LogP contribution >= 0.6 is 0 Å². The van der Waals surface area contributed by atoms with Crippen molar-refractivity contribution in [3.05, 3.63) is 0 Å². The molecule has 1 rings (SSSR count). The van der Waals surface area contributed by atoms with Gasteiger partial charge in [0.25, 0.3) is 0 Å². The summed E-state index contributed by atoms with van der Waals surface area (Å²) in [6.45, 7) is 4.12. The first-order valence-electron chi connectivity index (χ1n) is 6.17. The maximum atomic E-state index is 12.2. The van der Waals surface area contributed by atoms with Crippen molar-refractivity contribution in [1.29, 1.82) is 0 Å². The molecule has 0 aliphatic carbocycles. The Bertz CT molecular complexity index is 333. The van der Waals surface area contributed by atoms with E-state index in [-0.39, 0.29) is 30.4 Å². The van der Waals surface area contributed by atoms with E-state index in [1.54, 1.807) is 4.90 Å². The molecule has 0 bridgehead atoms.